The van der Waals surface area contributed by atoms with Crippen LogP contribution in [0.15, 0.2) is 54.6 Å². The van der Waals surface area contributed by atoms with Crippen LogP contribution in [0.5, 0.6) is 5.75 Å². The van der Waals surface area contributed by atoms with E-state index in [1.165, 1.54) is 11.3 Å². The Balaban J connectivity index is 1.54. The van der Waals surface area contributed by atoms with Gasteiger partial charge < -0.3 is 19.9 Å². The van der Waals surface area contributed by atoms with Crippen molar-refractivity contribution in [2.24, 2.45) is 0 Å². The van der Waals surface area contributed by atoms with Gasteiger partial charge in [-0.3, -0.25) is 4.90 Å². The minimum atomic E-state index is 0.0254. The van der Waals surface area contributed by atoms with Crippen molar-refractivity contribution in [3.8, 4) is 5.75 Å². The van der Waals surface area contributed by atoms with E-state index in [0.29, 0.717) is 6.54 Å². The molecule has 2 aromatic rings. The molecule has 0 spiro atoms. The highest BCUT2D eigenvalue weighted by Crippen LogP contribution is 2.21. The van der Waals surface area contributed by atoms with E-state index < -0.39 is 0 Å². The number of ether oxygens (including phenoxy) is 1. The Bertz CT molecular complexity index is 770. The highest BCUT2D eigenvalue weighted by atomic mass is 16.5. The summed E-state index contributed by atoms with van der Waals surface area (Å²) in [5.41, 5.74) is 2.41. The fourth-order valence-corrected chi connectivity index (χ4v) is 4.05. The molecule has 2 amide bonds. The zero-order valence-corrected chi connectivity index (χ0v) is 18.4. The fourth-order valence-electron chi connectivity index (χ4n) is 4.05. The first-order chi connectivity index (χ1) is 14.7. The van der Waals surface area contributed by atoms with Gasteiger partial charge in [0.1, 0.15) is 5.75 Å². The summed E-state index contributed by atoms with van der Waals surface area (Å²) in [6.07, 6.45) is 0. The van der Waals surface area contributed by atoms with Gasteiger partial charge in [0.05, 0.1) is 13.2 Å². The van der Waals surface area contributed by atoms with Crippen LogP contribution in [0.2, 0.25) is 0 Å². The molecule has 6 nitrogen and oxygen atoms in total. The average molecular weight is 411 g/mol. The Morgan fingerprint density at radius 2 is 1.63 bits per heavy atom. The summed E-state index contributed by atoms with van der Waals surface area (Å²) in [6.45, 7) is 9.95. The number of methoxy groups -OCH3 is 1. The third kappa shape index (κ3) is 5.45. The molecule has 1 unspecified atom stereocenters. The maximum Gasteiger partial charge on any atom is 0.317 e. The van der Waals surface area contributed by atoms with Crippen molar-refractivity contribution >= 4 is 11.7 Å². The van der Waals surface area contributed by atoms with Gasteiger partial charge in [-0.2, -0.15) is 0 Å². The first kappa shape index (κ1) is 22.0. The van der Waals surface area contributed by atoms with E-state index >= 15 is 0 Å². The number of likely N-dealkylation sites (N-methyl/N-ethyl adjacent to an activating group) is 1. The molecule has 3 rings (SSSR count). The van der Waals surface area contributed by atoms with Gasteiger partial charge in [-0.05, 0) is 42.9 Å². The quantitative estimate of drug-likeness (QED) is 0.722. The number of hydrogen-bond donors (Lipinski definition) is 1. The first-order valence-corrected chi connectivity index (χ1v) is 10.9. The van der Waals surface area contributed by atoms with Crippen LogP contribution >= 0.6 is 0 Å². The van der Waals surface area contributed by atoms with E-state index in [1.807, 2.05) is 23.1 Å². The number of carbonyl (C=O) groups is 1. The van der Waals surface area contributed by atoms with E-state index in [1.54, 1.807) is 7.11 Å². The van der Waals surface area contributed by atoms with Gasteiger partial charge in [0.25, 0.3) is 0 Å². The molecule has 2 aromatic carbocycles. The molecule has 1 saturated heterocycles. The summed E-state index contributed by atoms with van der Waals surface area (Å²) >= 11 is 0. The maximum absolute atomic E-state index is 12.8. The summed E-state index contributed by atoms with van der Waals surface area (Å²) in [6, 6.07) is 18.7. The normalized spacial score (nSPS) is 15.2. The molecular formula is C24H34N4O2. The SMILES string of the molecule is CCN(CC)C(CNC(=O)N1CCN(c2ccc(OC)cc2)CC1)c1ccccc1. The van der Waals surface area contributed by atoms with Crippen molar-refractivity contribution in [3.05, 3.63) is 60.2 Å². The number of amides is 2. The fraction of sp³-hybridized carbons (Fsp3) is 0.458. The third-order valence-corrected chi connectivity index (χ3v) is 5.89. The number of anilines is 1. The largest absolute Gasteiger partial charge is 0.497 e. The Morgan fingerprint density at radius 3 is 2.20 bits per heavy atom. The zero-order chi connectivity index (χ0) is 21.3. The predicted molar refractivity (Wildman–Crippen MR) is 122 cm³/mol. The number of benzene rings is 2. The second-order valence-electron chi connectivity index (χ2n) is 7.51. The number of urea groups is 1. The van der Waals surface area contributed by atoms with E-state index in [-0.39, 0.29) is 12.1 Å². The molecule has 1 aliphatic heterocycles. The van der Waals surface area contributed by atoms with Gasteiger partial charge >= 0.3 is 6.03 Å². The summed E-state index contributed by atoms with van der Waals surface area (Å²) < 4.78 is 5.23. The molecule has 0 bridgehead atoms. The number of carbonyl (C=O) groups excluding carboxylic acids is 1. The predicted octanol–water partition coefficient (Wildman–Crippen LogP) is 3.61. The number of piperazine rings is 1. The second kappa shape index (κ2) is 10.9. The van der Waals surface area contributed by atoms with Crippen molar-refractivity contribution < 1.29 is 9.53 Å². The van der Waals surface area contributed by atoms with Crippen molar-refractivity contribution in [1.82, 2.24) is 15.1 Å². The molecule has 0 aromatic heterocycles. The van der Waals surface area contributed by atoms with Gasteiger partial charge in [0, 0.05) is 38.4 Å². The lowest BCUT2D eigenvalue weighted by Gasteiger charge is -2.37. The van der Waals surface area contributed by atoms with E-state index in [9.17, 15) is 4.79 Å². The van der Waals surface area contributed by atoms with E-state index in [4.69, 9.17) is 4.74 Å². The molecule has 0 saturated carbocycles. The first-order valence-electron chi connectivity index (χ1n) is 10.9. The number of hydrogen-bond acceptors (Lipinski definition) is 4. The standard InChI is InChI=1S/C24H34N4O2/c1-4-26(5-2)23(20-9-7-6-8-10-20)19-25-24(29)28-17-15-27(16-18-28)21-11-13-22(30-3)14-12-21/h6-14,23H,4-5,15-19H2,1-3H3,(H,25,29). The highest BCUT2D eigenvalue weighted by molar-refractivity contribution is 5.74. The maximum atomic E-state index is 12.8. The lowest BCUT2D eigenvalue weighted by atomic mass is 10.1. The van der Waals surface area contributed by atoms with Crippen molar-refractivity contribution in [1.29, 1.82) is 0 Å². The number of nitrogens with one attached hydrogen (secondary N) is 1. The molecule has 1 fully saturated rings. The van der Waals surface area contributed by atoms with Crippen molar-refractivity contribution in [2.45, 2.75) is 19.9 Å². The van der Waals surface area contributed by atoms with Gasteiger partial charge in [-0.25, -0.2) is 4.79 Å². The third-order valence-electron chi connectivity index (χ3n) is 5.89. The van der Waals surface area contributed by atoms with Gasteiger partial charge in [-0.15, -0.1) is 0 Å². The van der Waals surface area contributed by atoms with Crippen LogP contribution in [0.4, 0.5) is 10.5 Å². The van der Waals surface area contributed by atoms with Crippen LogP contribution in [-0.2, 0) is 0 Å². The van der Waals surface area contributed by atoms with Gasteiger partial charge in [-0.1, -0.05) is 44.2 Å². The Morgan fingerprint density at radius 1 is 1.00 bits per heavy atom. The molecule has 0 radical (unpaired) electrons. The van der Waals surface area contributed by atoms with Gasteiger partial charge in [0.15, 0.2) is 0 Å². The minimum Gasteiger partial charge on any atom is -0.497 e. The van der Waals surface area contributed by atoms with Crippen LogP contribution in [0, 0.1) is 0 Å². The number of rotatable bonds is 8. The van der Waals surface area contributed by atoms with Crippen molar-refractivity contribution in [2.75, 3.05) is 57.8 Å². The molecule has 0 aliphatic carbocycles. The highest BCUT2D eigenvalue weighted by Gasteiger charge is 2.23. The monoisotopic (exact) mass is 410 g/mol. The molecule has 1 N–H and O–H groups in total. The molecule has 1 aliphatic rings. The molecule has 30 heavy (non-hydrogen) atoms. The molecular weight excluding hydrogens is 376 g/mol. The molecule has 1 heterocycles. The van der Waals surface area contributed by atoms with Crippen LogP contribution < -0.4 is 15.0 Å². The summed E-state index contributed by atoms with van der Waals surface area (Å²) in [4.78, 5) is 19.4. The van der Waals surface area contributed by atoms with Crippen LogP contribution in [0.1, 0.15) is 25.5 Å². The Hall–Kier alpha value is -2.73. The molecule has 1 atom stereocenters. The van der Waals surface area contributed by atoms with Crippen LogP contribution in [0.3, 0.4) is 0 Å². The number of nitrogens with zero attached hydrogens (tertiary/aromatic N) is 3. The smallest absolute Gasteiger partial charge is 0.317 e. The lowest BCUT2D eigenvalue weighted by Crippen LogP contribution is -2.52. The Labute approximate surface area is 180 Å². The zero-order valence-electron chi connectivity index (χ0n) is 18.4. The second-order valence-corrected chi connectivity index (χ2v) is 7.51. The molecule has 162 valence electrons. The average Bonchev–Trinajstić information content (AvgIpc) is 2.82. The Kier molecular flexibility index (Phi) is 7.97. The van der Waals surface area contributed by atoms with E-state index in [2.05, 4.69) is 65.4 Å². The minimum absolute atomic E-state index is 0.0254. The molecule has 6 heteroatoms. The summed E-state index contributed by atoms with van der Waals surface area (Å²) in [5.74, 6) is 0.859. The lowest BCUT2D eigenvalue weighted by molar-refractivity contribution is 0.180. The summed E-state index contributed by atoms with van der Waals surface area (Å²) in [7, 11) is 1.68. The topological polar surface area (TPSA) is 48.1 Å². The van der Waals surface area contributed by atoms with Crippen molar-refractivity contribution in [3.63, 3.8) is 0 Å². The van der Waals surface area contributed by atoms with E-state index in [0.717, 1.165) is 45.0 Å². The summed E-state index contributed by atoms with van der Waals surface area (Å²) in [5, 5.41) is 3.18. The van der Waals surface area contributed by atoms with Crippen LogP contribution in [0.25, 0.3) is 0 Å². The van der Waals surface area contributed by atoms with Crippen LogP contribution in [-0.4, -0.2) is 68.8 Å². The van der Waals surface area contributed by atoms with Gasteiger partial charge in [0.2, 0.25) is 0 Å².